The maximum atomic E-state index is 12.8. The zero-order valence-electron chi connectivity index (χ0n) is 24.8. The van der Waals surface area contributed by atoms with Crippen molar-refractivity contribution in [3.05, 3.63) is 81.4 Å². The number of rotatable bonds is 17. The summed E-state index contributed by atoms with van der Waals surface area (Å²) in [6.07, 6.45) is 5.27. The zero-order valence-corrected chi connectivity index (χ0v) is 24.8. The Labute approximate surface area is 247 Å². The Bertz CT molecular complexity index is 1130. The van der Waals surface area contributed by atoms with Crippen LogP contribution >= 0.6 is 0 Å². The summed E-state index contributed by atoms with van der Waals surface area (Å²) in [6.45, 7) is 9.84. The topological polar surface area (TPSA) is 143 Å². The number of hydrogen-bond acceptors (Lipinski definition) is 10. The molecule has 0 heterocycles. The first-order valence-electron chi connectivity index (χ1n) is 14.1. The summed E-state index contributed by atoms with van der Waals surface area (Å²) >= 11 is 0. The predicted molar refractivity (Wildman–Crippen MR) is 158 cm³/mol. The number of carbonyl (C=O) groups is 3. The van der Waals surface area contributed by atoms with Gasteiger partial charge in [-0.15, -0.1) is 10.1 Å². The Morgan fingerprint density at radius 3 is 2.24 bits per heavy atom. The minimum absolute atomic E-state index is 0.0451. The van der Waals surface area contributed by atoms with Crippen LogP contribution in [0.1, 0.15) is 74.9 Å². The molecule has 0 aliphatic carbocycles. The van der Waals surface area contributed by atoms with Crippen molar-refractivity contribution in [1.29, 1.82) is 0 Å². The molecule has 0 radical (unpaired) electrons. The summed E-state index contributed by atoms with van der Waals surface area (Å²) in [7, 11) is 0. The van der Waals surface area contributed by atoms with Gasteiger partial charge in [-0.2, -0.15) is 0 Å². The molecule has 0 fully saturated rings. The van der Waals surface area contributed by atoms with Gasteiger partial charge in [0, 0.05) is 19.4 Å². The summed E-state index contributed by atoms with van der Waals surface area (Å²) in [6, 6.07) is 13.6. The van der Waals surface area contributed by atoms with Gasteiger partial charge in [0.15, 0.2) is 0 Å². The second-order valence-electron chi connectivity index (χ2n) is 9.06. The average molecular weight is 587 g/mol. The van der Waals surface area contributed by atoms with Crippen LogP contribution < -0.4 is 10.1 Å². The van der Waals surface area contributed by atoms with Crippen molar-refractivity contribution in [2.45, 2.75) is 65.9 Å². The Hall–Kier alpha value is -4.25. The highest BCUT2D eigenvalue weighted by Gasteiger charge is 2.18. The first kappa shape index (κ1) is 35.8. The fourth-order valence-corrected chi connectivity index (χ4v) is 3.69. The van der Waals surface area contributed by atoms with E-state index in [1.165, 1.54) is 13.0 Å². The molecule has 2 rings (SSSR count). The van der Waals surface area contributed by atoms with Crippen molar-refractivity contribution >= 4 is 24.0 Å². The monoisotopic (exact) mass is 586 g/mol. The fraction of sp³-hybridized carbons (Fsp3) is 0.452. The van der Waals surface area contributed by atoms with E-state index < -0.39 is 17.0 Å². The minimum Gasteiger partial charge on any atom is -0.463 e. The van der Waals surface area contributed by atoms with Crippen molar-refractivity contribution in [3.8, 4) is 5.75 Å². The average Bonchev–Trinajstić information content (AvgIpc) is 2.95. The summed E-state index contributed by atoms with van der Waals surface area (Å²) in [5.41, 5.74) is 1.82. The standard InChI is InChI=1S/C27H31NO9.C4H11N/c1-3-8-24(36-20(2)29)19-22-9-4-5-10-25(22)27(31)37-23-14-11-21(12-15-23)13-16-26(30)34-17-6-7-18-35-28(32)33;1-3-5-4-2/h4-5,9-16,24H,3,6-8,17-19H2,1-2H3;5H,3-4H2,1-2H3. The third-order valence-electron chi connectivity index (χ3n) is 5.61. The number of benzene rings is 2. The highest BCUT2D eigenvalue weighted by molar-refractivity contribution is 5.92. The number of carbonyl (C=O) groups excluding carboxylic acids is 3. The van der Waals surface area contributed by atoms with Gasteiger partial charge in [-0.3, -0.25) is 4.79 Å². The molecule has 0 aliphatic rings. The molecule has 0 aromatic heterocycles. The molecule has 0 aliphatic heterocycles. The van der Waals surface area contributed by atoms with Gasteiger partial charge < -0.3 is 24.4 Å². The maximum absolute atomic E-state index is 12.8. The molecule has 0 bridgehead atoms. The Morgan fingerprint density at radius 1 is 0.976 bits per heavy atom. The molecule has 0 amide bonds. The van der Waals surface area contributed by atoms with Crippen molar-refractivity contribution < 1.29 is 38.5 Å². The normalized spacial score (nSPS) is 11.1. The van der Waals surface area contributed by atoms with E-state index in [-0.39, 0.29) is 25.3 Å². The Balaban J connectivity index is 0.00000162. The van der Waals surface area contributed by atoms with E-state index in [9.17, 15) is 24.5 Å². The molecule has 11 nitrogen and oxygen atoms in total. The SMILES string of the molecule is CCCC(Cc1ccccc1C(=O)Oc1ccc(C=CC(=O)OCCCCO[N+](=O)[O-])cc1)OC(C)=O.CCNCC. The van der Waals surface area contributed by atoms with Crippen molar-refractivity contribution in [1.82, 2.24) is 5.32 Å². The summed E-state index contributed by atoms with van der Waals surface area (Å²) < 4.78 is 15.9. The summed E-state index contributed by atoms with van der Waals surface area (Å²) in [4.78, 5) is 50.3. The minimum atomic E-state index is -0.864. The Morgan fingerprint density at radius 2 is 1.64 bits per heavy atom. The molecule has 0 saturated heterocycles. The van der Waals surface area contributed by atoms with E-state index in [2.05, 4.69) is 24.0 Å². The van der Waals surface area contributed by atoms with E-state index in [1.807, 2.05) is 19.1 Å². The van der Waals surface area contributed by atoms with Crippen molar-refractivity contribution in [2.75, 3.05) is 26.3 Å². The largest absolute Gasteiger partial charge is 0.463 e. The van der Waals surface area contributed by atoms with E-state index in [0.29, 0.717) is 42.6 Å². The first-order chi connectivity index (χ1) is 20.2. The first-order valence-corrected chi connectivity index (χ1v) is 14.1. The zero-order chi connectivity index (χ0) is 31.2. The van der Waals surface area contributed by atoms with Crippen LogP contribution in [-0.4, -0.2) is 55.4 Å². The lowest BCUT2D eigenvalue weighted by Gasteiger charge is -2.18. The number of unbranched alkanes of at least 4 members (excludes halogenated alkanes) is 1. The highest BCUT2D eigenvalue weighted by atomic mass is 16.9. The summed E-state index contributed by atoms with van der Waals surface area (Å²) in [5, 5.41) is 12.3. The van der Waals surface area contributed by atoms with Crippen LogP contribution in [0.4, 0.5) is 0 Å². The maximum Gasteiger partial charge on any atom is 0.343 e. The van der Waals surface area contributed by atoms with Crippen LogP contribution in [0.25, 0.3) is 6.08 Å². The highest BCUT2D eigenvalue weighted by Crippen LogP contribution is 2.20. The molecule has 1 atom stereocenters. The van der Waals surface area contributed by atoms with Gasteiger partial charge in [0.05, 0.1) is 18.8 Å². The molecule has 230 valence electrons. The molecule has 1 N–H and O–H groups in total. The molecule has 42 heavy (non-hydrogen) atoms. The van der Waals surface area contributed by atoms with Crippen LogP contribution in [0.2, 0.25) is 0 Å². The number of nitrogens with one attached hydrogen (secondary N) is 1. The molecule has 11 heteroatoms. The van der Waals surface area contributed by atoms with Gasteiger partial charge in [-0.05, 0) is 67.8 Å². The fourth-order valence-electron chi connectivity index (χ4n) is 3.69. The van der Waals surface area contributed by atoms with Gasteiger partial charge in [0.25, 0.3) is 5.09 Å². The lowest BCUT2D eigenvalue weighted by atomic mass is 9.99. The second kappa shape index (κ2) is 21.5. The lowest BCUT2D eigenvalue weighted by molar-refractivity contribution is -0.757. The molecule has 0 spiro atoms. The molecule has 2 aromatic rings. The quantitative estimate of drug-likeness (QED) is 0.0644. The van der Waals surface area contributed by atoms with Gasteiger partial charge in [-0.1, -0.05) is 57.5 Å². The van der Waals surface area contributed by atoms with E-state index >= 15 is 0 Å². The van der Waals surface area contributed by atoms with Crippen LogP contribution in [-0.2, 0) is 30.3 Å². The van der Waals surface area contributed by atoms with Crippen LogP contribution in [0, 0.1) is 10.1 Å². The van der Waals surface area contributed by atoms with E-state index in [4.69, 9.17) is 14.2 Å². The third kappa shape index (κ3) is 16.1. The second-order valence-corrected chi connectivity index (χ2v) is 9.06. The molecule has 1 unspecified atom stereocenters. The van der Waals surface area contributed by atoms with E-state index in [1.54, 1.807) is 42.5 Å². The van der Waals surface area contributed by atoms with E-state index in [0.717, 1.165) is 25.1 Å². The van der Waals surface area contributed by atoms with Crippen LogP contribution in [0.15, 0.2) is 54.6 Å². The molecular weight excluding hydrogens is 544 g/mol. The predicted octanol–water partition coefficient (Wildman–Crippen LogP) is 5.34. The van der Waals surface area contributed by atoms with Gasteiger partial charge in [0.1, 0.15) is 11.9 Å². The number of esters is 3. The number of nitrogens with zero attached hydrogens (tertiary/aromatic N) is 1. The van der Waals surface area contributed by atoms with Crippen LogP contribution in [0.3, 0.4) is 0 Å². The van der Waals surface area contributed by atoms with Gasteiger partial charge in [-0.25, -0.2) is 9.59 Å². The van der Waals surface area contributed by atoms with Crippen LogP contribution in [0.5, 0.6) is 5.75 Å². The molecular formula is C31H42N2O9. The molecule has 0 saturated carbocycles. The van der Waals surface area contributed by atoms with Crippen molar-refractivity contribution in [3.63, 3.8) is 0 Å². The smallest absolute Gasteiger partial charge is 0.343 e. The molecule has 2 aromatic carbocycles. The summed E-state index contributed by atoms with van der Waals surface area (Å²) in [5.74, 6) is -1.09. The Kier molecular flexibility index (Phi) is 18.3. The van der Waals surface area contributed by atoms with Crippen molar-refractivity contribution in [2.24, 2.45) is 0 Å². The third-order valence-corrected chi connectivity index (χ3v) is 5.61. The lowest BCUT2D eigenvalue weighted by Crippen LogP contribution is -2.21. The number of hydrogen-bond donors (Lipinski definition) is 1. The number of ether oxygens (including phenoxy) is 3. The van der Waals surface area contributed by atoms with Gasteiger partial charge >= 0.3 is 17.9 Å². The van der Waals surface area contributed by atoms with Gasteiger partial charge in [0.2, 0.25) is 0 Å².